The number of halogens is 3. The fourth-order valence-corrected chi connectivity index (χ4v) is 4.18. The van der Waals surface area contributed by atoms with E-state index < -0.39 is 12.7 Å². The number of aryl methyl sites for hydroxylation is 2. The van der Waals surface area contributed by atoms with Gasteiger partial charge in [0, 0.05) is 11.3 Å². The molecule has 0 bridgehead atoms. The summed E-state index contributed by atoms with van der Waals surface area (Å²) in [6.07, 6.45) is -1.77. The maximum absolute atomic E-state index is 12.4. The SMILES string of the molecule is CCc1ccccc1NC(=S)NC(O)NCCCc1ccc(-c2ncn(-c3ccc(OC(F)(F)F)cc3)n2)cc1. The van der Waals surface area contributed by atoms with Gasteiger partial charge < -0.3 is 20.5 Å². The summed E-state index contributed by atoms with van der Waals surface area (Å²) < 4.78 is 42.4. The van der Waals surface area contributed by atoms with Crippen LogP contribution >= 0.6 is 12.2 Å². The Kier molecular flexibility index (Phi) is 9.70. The van der Waals surface area contributed by atoms with Crippen LogP contribution in [0.4, 0.5) is 18.9 Å². The number of benzene rings is 3. The third-order valence-electron chi connectivity index (χ3n) is 5.93. The molecule has 4 rings (SSSR count). The number of rotatable bonds is 11. The first-order valence-electron chi connectivity index (χ1n) is 12.6. The van der Waals surface area contributed by atoms with Crippen molar-refractivity contribution in [3.05, 3.63) is 90.3 Å². The third-order valence-corrected chi connectivity index (χ3v) is 6.15. The van der Waals surface area contributed by atoms with E-state index in [1.807, 2.05) is 48.5 Å². The van der Waals surface area contributed by atoms with Gasteiger partial charge in [0.15, 0.2) is 17.3 Å². The lowest BCUT2D eigenvalue weighted by molar-refractivity contribution is -0.274. The van der Waals surface area contributed by atoms with Gasteiger partial charge >= 0.3 is 6.36 Å². The Morgan fingerprint density at radius 2 is 1.77 bits per heavy atom. The minimum Gasteiger partial charge on any atom is -0.406 e. The Balaban J connectivity index is 1.21. The smallest absolute Gasteiger partial charge is 0.406 e. The molecule has 0 spiro atoms. The van der Waals surface area contributed by atoms with Gasteiger partial charge in [0.1, 0.15) is 12.1 Å². The van der Waals surface area contributed by atoms with Crippen LogP contribution < -0.4 is 20.7 Å². The molecule has 4 N–H and O–H groups in total. The molecule has 0 aliphatic carbocycles. The van der Waals surface area contributed by atoms with E-state index in [0.29, 0.717) is 23.2 Å². The van der Waals surface area contributed by atoms with Crippen molar-refractivity contribution in [2.75, 3.05) is 11.9 Å². The van der Waals surface area contributed by atoms with Crippen LogP contribution in [0.15, 0.2) is 79.1 Å². The summed E-state index contributed by atoms with van der Waals surface area (Å²) in [4.78, 5) is 4.31. The van der Waals surface area contributed by atoms with Gasteiger partial charge in [-0.25, -0.2) is 9.67 Å². The summed E-state index contributed by atoms with van der Waals surface area (Å²) in [5, 5.41) is 23.9. The number of thiocarbonyl (C=S) groups is 1. The molecule has 210 valence electrons. The number of hydrogen-bond acceptors (Lipinski definition) is 6. The topological polar surface area (TPSA) is 96.3 Å². The highest BCUT2D eigenvalue weighted by Gasteiger charge is 2.31. The second-order valence-corrected chi connectivity index (χ2v) is 9.23. The fourth-order valence-electron chi connectivity index (χ4n) is 3.96. The van der Waals surface area contributed by atoms with Crippen LogP contribution in [0.3, 0.4) is 0 Å². The van der Waals surface area contributed by atoms with Gasteiger partial charge in [0.05, 0.1) is 5.69 Å². The number of hydrogen-bond donors (Lipinski definition) is 4. The quantitative estimate of drug-likeness (QED) is 0.111. The van der Waals surface area contributed by atoms with Gasteiger partial charge in [-0.05, 0) is 79.5 Å². The van der Waals surface area contributed by atoms with Crippen molar-refractivity contribution in [2.24, 2.45) is 0 Å². The molecule has 12 heteroatoms. The van der Waals surface area contributed by atoms with E-state index in [1.54, 1.807) is 0 Å². The second-order valence-electron chi connectivity index (χ2n) is 8.82. The number of nitrogens with one attached hydrogen (secondary N) is 3. The number of nitrogens with zero attached hydrogens (tertiary/aromatic N) is 3. The lowest BCUT2D eigenvalue weighted by atomic mass is 10.1. The van der Waals surface area contributed by atoms with E-state index in [0.717, 1.165) is 41.6 Å². The highest BCUT2D eigenvalue weighted by molar-refractivity contribution is 7.80. The molecular weight excluding hydrogens is 541 g/mol. The number of alkyl halides is 3. The summed E-state index contributed by atoms with van der Waals surface area (Å²) in [5.74, 6) is 0.186. The van der Waals surface area contributed by atoms with Crippen LogP contribution in [-0.2, 0) is 12.8 Å². The molecular formula is C28H29F3N6O2S. The lowest BCUT2D eigenvalue weighted by Gasteiger charge is -2.18. The summed E-state index contributed by atoms with van der Waals surface area (Å²) >= 11 is 5.30. The summed E-state index contributed by atoms with van der Waals surface area (Å²) in [5.41, 5.74) is 4.52. The minimum atomic E-state index is -4.74. The highest BCUT2D eigenvalue weighted by Crippen LogP contribution is 2.24. The molecule has 0 saturated carbocycles. The minimum absolute atomic E-state index is 0.304. The predicted octanol–water partition coefficient (Wildman–Crippen LogP) is 5.18. The number of aromatic nitrogens is 3. The van der Waals surface area contributed by atoms with Crippen molar-refractivity contribution in [2.45, 2.75) is 38.9 Å². The van der Waals surface area contributed by atoms with Gasteiger partial charge in [-0.3, -0.25) is 5.32 Å². The van der Waals surface area contributed by atoms with E-state index in [9.17, 15) is 18.3 Å². The van der Waals surface area contributed by atoms with Crippen molar-refractivity contribution in [3.8, 4) is 22.8 Å². The Bertz CT molecular complexity index is 1390. The maximum Gasteiger partial charge on any atom is 0.573 e. The summed E-state index contributed by atoms with van der Waals surface area (Å²) in [7, 11) is 0. The average Bonchev–Trinajstić information content (AvgIpc) is 3.42. The molecule has 0 fully saturated rings. The van der Waals surface area contributed by atoms with E-state index >= 15 is 0 Å². The summed E-state index contributed by atoms with van der Waals surface area (Å²) in [6.45, 7) is 2.64. The van der Waals surface area contributed by atoms with Crippen molar-refractivity contribution in [1.82, 2.24) is 25.4 Å². The number of para-hydroxylation sites is 1. The molecule has 40 heavy (non-hydrogen) atoms. The van der Waals surface area contributed by atoms with Crippen LogP contribution in [0.5, 0.6) is 5.75 Å². The van der Waals surface area contributed by atoms with Crippen LogP contribution in [-0.4, -0.2) is 44.2 Å². The summed E-state index contributed by atoms with van der Waals surface area (Å²) in [6, 6.07) is 21.1. The Labute approximate surface area is 235 Å². The monoisotopic (exact) mass is 570 g/mol. The van der Waals surface area contributed by atoms with Crippen LogP contribution in [0, 0.1) is 0 Å². The van der Waals surface area contributed by atoms with Crippen LogP contribution in [0.2, 0.25) is 0 Å². The maximum atomic E-state index is 12.4. The molecule has 1 aromatic heterocycles. The van der Waals surface area contributed by atoms with Crippen molar-refractivity contribution < 1.29 is 23.0 Å². The molecule has 8 nitrogen and oxygen atoms in total. The third kappa shape index (κ3) is 8.50. The van der Waals surface area contributed by atoms with Gasteiger partial charge in [0.25, 0.3) is 0 Å². The van der Waals surface area contributed by atoms with E-state index in [1.165, 1.54) is 35.3 Å². The van der Waals surface area contributed by atoms with Gasteiger partial charge in [0.2, 0.25) is 0 Å². The van der Waals surface area contributed by atoms with Crippen LogP contribution in [0.1, 0.15) is 24.5 Å². The molecule has 0 aliphatic rings. The van der Waals surface area contributed by atoms with E-state index in [-0.39, 0.29) is 5.75 Å². The number of anilines is 1. The predicted molar refractivity (Wildman–Crippen MR) is 151 cm³/mol. The molecule has 3 aromatic carbocycles. The standard InChI is InChI=1S/C28H29F3N6O2S/c1-2-20-7-3-4-8-24(20)34-27(40)35-26(38)32-17-5-6-19-9-11-21(12-10-19)25-33-18-37(36-25)22-13-15-23(16-14-22)39-28(29,30)31/h3-4,7-16,18,26,32,38H,2,5-6,17H2,1H3,(H2,34,35,40). The van der Waals surface area contributed by atoms with Crippen molar-refractivity contribution in [1.29, 1.82) is 0 Å². The molecule has 4 aromatic rings. The van der Waals surface area contributed by atoms with E-state index in [2.05, 4.69) is 37.7 Å². The van der Waals surface area contributed by atoms with Gasteiger partial charge in [-0.15, -0.1) is 18.3 Å². The zero-order valence-electron chi connectivity index (χ0n) is 21.7. The normalized spacial score (nSPS) is 12.1. The first kappa shape index (κ1) is 29.0. The zero-order valence-corrected chi connectivity index (χ0v) is 22.5. The molecule has 1 atom stereocenters. The molecule has 0 amide bonds. The molecule has 0 radical (unpaired) electrons. The molecule has 1 heterocycles. The lowest BCUT2D eigenvalue weighted by Crippen LogP contribution is -2.47. The van der Waals surface area contributed by atoms with Crippen molar-refractivity contribution >= 4 is 23.0 Å². The average molecular weight is 571 g/mol. The first-order valence-corrected chi connectivity index (χ1v) is 13.0. The van der Waals surface area contributed by atoms with Gasteiger partial charge in [-0.2, -0.15) is 0 Å². The number of aliphatic hydroxyl groups is 1. The Morgan fingerprint density at radius 3 is 2.48 bits per heavy atom. The number of aliphatic hydroxyl groups excluding tert-OH is 1. The zero-order chi connectivity index (χ0) is 28.5. The Morgan fingerprint density at radius 1 is 1.05 bits per heavy atom. The fraction of sp³-hybridized carbons (Fsp3) is 0.250. The van der Waals surface area contributed by atoms with E-state index in [4.69, 9.17) is 12.2 Å². The highest BCUT2D eigenvalue weighted by atomic mass is 32.1. The first-order chi connectivity index (χ1) is 19.2. The molecule has 1 unspecified atom stereocenters. The Hall–Kier alpha value is -4.00. The van der Waals surface area contributed by atoms with Crippen molar-refractivity contribution in [3.63, 3.8) is 0 Å². The molecule has 0 aliphatic heterocycles. The molecule has 0 saturated heterocycles. The number of ether oxygens (including phenoxy) is 1. The largest absolute Gasteiger partial charge is 0.573 e. The van der Waals surface area contributed by atoms with Crippen LogP contribution in [0.25, 0.3) is 17.1 Å². The second kappa shape index (κ2) is 13.4. The van der Waals surface area contributed by atoms with Gasteiger partial charge in [-0.1, -0.05) is 49.4 Å².